The molecule has 0 aromatic heterocycles. The Kier molecular flexibility index (Phi) is 6.18. The second-order valence-electron chi connectivity index (χ2n) is 9.63. The van der Waals surface area contributed by atoms with Gasteiger partial charge in [0.1, 0.15) is 11.5 Å². The van der Waals surface area contributed by atoms with Crippen LogP contribution in [0.3, 0.4) is 0 Å². The minimum Gasteiger partial charge on any atom is -0.508 e. The average Bonchev–Trinajstić information content (AvgIpc) is 2.76. The molecule has 0 heterocycles. The van der Waals surface area contributed by atoms with E-state index in [2.05, 4.69) is 24.3 Å². The zero-order valence-corrected chi connectivity index (χ0v) is 17.7. The predicted molar refractivity (Wildman–Crippen MR) is 120 cm³/mol. The molecule has 0 bridgehead atoms. The lowest BCUT2D eigenvalue weighted by molar-refractivity contribution is 0.227. The van der Waals surface area contributed by atoms with E-state index in [0.717, 1.165) is 0 Å². The van der Waals surface area contributed by atoms with Gasteiger partial charge in [-0.25, -0.2) is 0 Å². The normalized spacial score (nSPS) is 21.0. The summed E-state index contributed by atoms with van der Waals surface area (Å²) in [6, 6.07) is 16.1. The quantitative estimate of drug-likeness (QED) is 0.538. The van der Waals surface area contributed by atoms with E-state index < -0.39 is 0 Å². The van der Waals surface area contributed by atoms with Crippen molar-refractivity contribution in [1.29, 1.82) is 0 Å². The zero-order chi connectivity index (χ0) is 20.2. The summed E-state index contributed by atoms with van der Waals surface area (Å²) in [4.78, 5) is 0. The fourth-order valence-corrected chi connectivity index (χ4v) is 6.22. The van der Waals surface area contributed by atoms with E-state index in [0.29, 0.717) is 11.5 Å². The summed E-state index contributed by atoms with van der Waals surface area (Å²) in [6.07, 6.45) is 16.9. The van der Waals surface area contributed by atoms with Gasteiger partial charge >= 0.3 is 0 Å². The summed E-state index contributed by atoms with van der Waals surface area (Å²) < 4.78 is 0. The van der Waals surface area contributed by atoms with Crippen molar-refractivity contribution < 1.29 is 10.2 Å². The number of hydrogen-bond donors (Lipinski definition) is 2. The molecule has 2 fully saturated rings. The molecule has 0 amide bonds. The van der Waals surface area contributed by atoms with Crippen LogP contribution < -0.4 is 0 Å². The molecular formula is C27H36O2. The molecule has 2 nitrogen and oxygen atoms in total. The molecule has 0 saturated heterocycles. The lowest BCUT2D eigenvalue weighted by Gasteiger charge is -2.41. The second kappa shape index (κ2) is 8.81. The van der Waals surface area contributed by atoms with Crippen LogP contribution in [-0.2, 0) is 10.8 Å². The van der Waals surface area contributed by atoms with Crippen molar-refractivity contribution in [1.82, 2.24) is 0 Å². The summed E-state index contributed by atoms with van der Waals surface area (Å²) in [5, 5.41) is 19.5. The average molecular weight is 393 g/mol. The van der Waals surface area contributed by atoms with E-state index >= 15 is 0 Å². The molecule has 2 N–H and O–H groups in total. The van der Waals surface area contributed by atoms with Crippen LogP contribution in [0.2, 0.25) is 0 Å². The van der Waals surface area contributed by atoms with E-state index in [9.17, 15) is 10.2 Å². The molecule has 0 radical (unpaired) electrons. The maximum Gasteiger partial charge on any atom is 0.115 e. The third-order valence-corrected chi connectivity index (χ3v) is 7.89. The van der Waals surface area contributed by atoms with Crippen molar-refractivity contribution in [2.75, 3.05) is 0 Å². The first-order valence-corrected chi connectivity index (χ1v) is 11.7. The van der Waals surface area contributed by atoms with Gasteiger partial charge < -0.3 is 10.2 Å². The molecule has 0 aliphatic heterocycles. The highest BCUT2D eigenvalue weighted by molar-refractivity contribution is 5.33. The first-order valence-electron chi connectivity index (χ1n) is 11.7. The molecule has 2 aliphatic rings. The Bertz CT molecular complexity index is 696. The van der Waals surface area contributed by atoms with Gasteiger partial charge in [0.25, 0.3) is 0 Å². The number of rotatable bonds is 6. The molecule has 0 spiro atoms. The Hall–Kier alpha value is -1.96. The molecule has 2 aromatic rings. The molecule has 2 aliphatic carbocycles. The van der Waals surface area contributed by atoms with Gasteiger partial charge in [-0.15, -0.1) is 0 Å². The Morgan fingerprint density at radius 2 is 0.862 bits per heavy atom. The van der Waals surface area contributed by atoms with Gasteiger partial charge in [-0.1, -0.05) is 69.2 Å². The molecule has 0 atom stereocenters. The second-order valence-corrected chi connectivity index (χ2v) is 9.63. The molecule has 2 saturated carbocycles. The molecular weight excluding hydrogens is 356 g/mol. The van der Waals surface area contributed by atoms with Crippen molar-refractivity contribution >= 4 is 0 Å². The maximum atomic E-state index is 9.75. The Morgan fingerprint density at radius 3 is 1.21 bits per heavy atom. The van der Waals surface area contributed by atoms with Crippen LogP contribution in [0.1, 0.15) is 94.6 Å². The van der Waals surface area contributed by atoms with E-state index in [1.54, 1.807) is 0 Å². The summed E-state index contributed by atoms with van der Waals surface area (Å²) in [6.45, 7) is 0. The predicted octanol–water partition coefficient (Wildman–Crippen LogP) is 7.37. The third kappa shape index (κ3) is 4.47. The summed E-state index contributed by atoms with van der Waals surface area (Å²) >= 11 is 0. The Balaban J connectivity index is 1.51. The number of phenols is 2. The summed E-state index contributed by atoms with van der Waals surface area (Å²) in [5.74, 6) is 0.737. The minimum atomic E-state index is 0.288. The van der Waals surface area contributed by atoms with E-state index in [-0.39, 0.29) is 10.8 Å². The fraction of sp³-hybridized carbons (Fsp3) is 0.556. The molecule has 156 valence electrons. The fourth-order valence-electron chi connectivity index (χ4n) is 6.22. The molecule has 29 heavy (non-hydrogen) atoms. The molecule has 4 rings (SSSR count). The maximum absolute atomic E-state index is 9.75. The standard InChI is InChI=1S/C27H36O2/c28-24-12-8-22(9-13-24)26(16-3-1-4-17-26)20-7-21-27(18-5-2-6-19-27)23-10-14-25(29)15-11-23/h8-15,28-29H,1-7,16-21H2. The monoisotopic (exact) mass is 392 g/mol. The Labute approximate surface area is 176 Å². The minimum absolute atomic E-state index is 0.288. The van der Waals surface area contributed by atoms with Crippen LogP contribution in [0.25, 0.3) is 0 Å². The lowest BCUT2D eigenvalue weighted by atomic mass is 9.63. The number of benzene rings is 2. The van der Waals surface area contributed by atoms with Crippen molar-refractivity contribution in [2.45, 2.75) is 94.3 Å². The van der Waals surface area contributed by atoms with Crippen LogP contribution in [0.5, 0.6) is 11.5 Å². The first-order chi connectivity index (χ1) is 14.1. The first kappa shape index (κ1) is 20.3. The van der Waals surface area contributed by atoms with Crippen LogP contribution in [0.15, 0.2) is 48.5 Å². The topological polar surface area (TPSA) is 40.5 Å². The number of aromatic hydroxyl groups is 2. The summed E-state index contributed by atoms with van der Waals surface area (Å²) in [7, 11) is 0. The third-order valence-electron chi connectivity index (χ3n) is 7.89. The molecule has 2 heteroatoms. The molecule has 0 unspecified atom stereocenters. The highest BCUT2D eigenvalue weighted by Crippen LogP contribution is 2.47. The van der Waals surface area contributed by atoms with E-state index in [1.807, 2.05) is 24.3 Å². The van der Waals surface area contributed by atoms with E-state index in [1.165, 1.54) is 94.6 Å². The van der Waals surface area contributed by atoms with Crippen molar-refractivity contribution in [2.24, 2.45) is 0 Å². The van der Waals surface area contributed by atoms with Gasteiger partial charge in [-0.05, 0) is 84.7 Å². The zero-order valence-electron chi connectivity index (χ0n) is 17.7. The lowest BCUT2D eigenvalue weighted by Crippen LogP contribution is -2.32. The van der Waals surface area contributed by atoms with Gasteiger partial charge in [-0.2, -0.15) is 0 Å². The van der Waals surface area contributed by atoms with Gasteiger partial charge in [0, 0.05) is 0 Å². The number of hydrogen-bond acceptors (Lipinski definition) is 2. The van der Waals surface area contributed by atoms with Crippen LogP contribution in [0, 0.1) is 0 Å². The van der Waals surface area contributed by atoms with Crippen molar-refractivity contribution in [3.8, 4) is 11.5 Å². The Morgan fingerprint density at radius 1 is 0.517 bits per heavy atom. The van der Waals surface area contributed by atoms with Crippen LogP contribution >= 0.6 is 0 Å². The summed E-state index contributed by atoms with van der Waals surface area (Å²) in [5.41, 5.74) is 3.43. The highest BCUT2D eigenvalue weighted by Gasteiger charge is 2.37. The smallest absolute Gasteiger partial charge is 0.115 e. The van der Waals surface area contributed by atoms with Gasteiger partial charge in [-0.3, -0.25) is 0 Å². The van der Waals surface area contributed by atoms with Crippen LogP contribution in [0.4, 0.5) is 0 Å². The van der Waals surface area contributed by atoms with Gasteiger partial charge in [0.15, 0.2) is 0 Å². The van der Waals surface area contributed by atoms with Crippen molar-refractivity contribution in [3.63, 3.8) is 0 Å². The van der Waals surface area contributed by atoms with Crippen LogP contribution in [-0.4, -0.2) is 10.2 Å². The van der Waals surface area contributed by atoms with Gasteiger partial charge in [0.05, 0.1) is 0 Å². The number of phenolic OH excluding ortho intramolecular Hbond substituents is 2. The van der Waals surface area contributed by atoms with Gasteiger partial charge in [0.2, 0.25) is 0 Å². The highest BCUT2D eigenvalue weighted by atomic mass is 16.3. The van der Waals surface area contributed by atoms with Crippen molar-refractivity contribution in [3.05, 3.63) is 59.7 Å². The largest absolute Gasteiger partial charge is 0.508 e. The van der Waals surface area contributed by atoms with E-state index in [4.69, 9.17) is 0 Å². The SMILES string of the molecule is Oc1ccc(C2(CCCC3(c4ccc(O)cc4)CCCCC3)CCCCC2)cc1. The molecule has 2 aromatic carbocycles.